The van der Waals surface area contributed by atoms with Crippen LogP contribution in [-0.4, -0.2) is 55.2 Å². The van der Waals surface area contributed by atoms with Crippen LogP contribution < -0.4 is 4.74 Å². The average molecular weight is 388 g/mol. The minimum Gasteiger partial charge on any atom is -0.494 e. The number of benzene rings is 1. The monoisotopic (exact) mass is 388 g/mol. The van der Waals surface area contributed by atoms with Crippen molar-refractivity contribution < 1.29 is 4.74 Å². The van der Waals surface area contributed by atoms with Gasteiger partial charge >= 0.3 is 0 Å². The summed E-state index contributed by atoms with van der Waals surface area (Å²) in [6.45, 7) is 11.3. The molecule has 0 bridgehead atoms. The Bertz CT molecular complexity index is 403. The number of rotatable bonds is 6. The number of hydrogen-bond acceptors (Lipinski definition) is 3. The highest BCUT2D eigenvalue weighted by Crippen LogP contribution is 2.15. The van der Waals surface area contributed by atoms with Crippen molar-refractivity contribution in [1.29, 1.82) is 0 Å². The van der Waals surface area contributed by atoms with Gasteiger partial charge in [-0.1, -0.05) is 6.07 Å². The predicted octanol–water partition coefficient (Wildman–Crippen LogP) is 3.09. The topological polar surface area (TPSA) is 15.7 Å². The minimum atomic E-state index is 0.682. The molecule has 4 heteroatoms. The first-order chi connectivity index (χ1) is 9.65. The Morgan fingerprint density at radius 2 is 1.95 bits per heavy atom. The molecule has 1 aromatic carbocycles. The summed E-state index contributed by atoms with van der Waals surface area (Å²) in [7, 11) is 0. The molecule has 2 rings (SSSR count). The van der Waals surface area contributed by atoms with Gasteiger partial charge in [-0.3, -0.25) is 4.90 Å². The van der Waals surface area contributed by atoms with E-state index < -0.39 is 0 Å². The molecule has 0 saturated carbocycles. The Hall–Kier alpha value is -0.330. The van der Waals surface area contributed by atoms with E-state index in [1.54, 1.807) is 0 Å². The van der Waals surface area contributed by atoms with Crippen LogP contribution in [-0.2, 0) is 0 Å². The lowest BCUT2D eigenvalue weighted by atomic mass is 10.2. The smallest absolute Gasteiger partial charge is 0.120 e. The van der Waals surface area contributed by atoms with Crippen LogP contribution in [0.4, 0.5) is 0 Å². The van der Waals surface area contributed by atoms with Crippen LogP contribution in [0.25, 0.3) is 0 Å². The number of nitrogens with zero attached hydrogens (tertiary/aromatic N) is 2. The van der Waals surface area contributed by atoms with E-state index in [9.17, 15) is 0 Å². The van der Waals surface area contributed by atoms with Gasteiger partial charge < -0.3 is 9.64 Å². The zero-order chi connectivity index (χ0) is 14.4. The van der Waals surface area contributed by atoms with Crippen LogP contribution >= 0.6 is 22.6 Å². The lowest BCUT2D eigenvalue weighted by Gasteiger charge is -2.36. The van der Waals surface area contributed by atoms with Crippen molar-refractivity contribution in [3.63, 3.8) is 0 Å². The summed E-state index contributed by atoms with van der Waals surface area (Å²) >= 11 is 2.32. The fourth-order valence-electron chi connectivity index (χ4n) is 2.54. The van der Waals surface area contributed by atoms with E-state index in [0.29, 0.717) is 6.04 Å². The lowest BCUT2D eigenvalue weighted by molar-refractivity contribution is 0.104. The van der Waals surface area contributed by atoms with Crippen molar-refractivity contribution in [2.75, 3.05) is 39.3 Å². The fourth-order valence-corrected chi connectivity index (χ4v) is 3.05. The van der Waals surface area contributed by atoms with Crippen molar-refractivity contribution in [3.8, 4) is 5.75 Å². The Balaban J connectivity index is 1.60. The quantitative estimate of drug-likeness (QED) is 0.550. The van der Waals surface area contributed by atoms with E-state index in [-0.39, 0.29) is 0 Å². The molecule has 0 aromatic heterocycles. The third kappa shape index (κ3) is 5.22. The van der Waals surface area contributed by atoms with Gasteiger partial charge in [0.15, 0.2) is 0 Å². The summed E-state index contributed by atoms with van der Waals surface area (Å²) in [4.78, 5) is 5.11. The van der Waals surface area contributed by atoms with Crippen molar-refractivity contribution in [3.05, 3.63) is 27.8 Å². The highest BCUT2D eigenvalue weighted by atomic mass is 127. The average Bonchev–Trinajstić information content (AvgIpc) is 2.44. The highest BCUT2D eigenvalue weighted by Gasteiger charge is 2.17. The maximum atomic E-state index is 5.80. The molecule has 3 nitrogen and oxygen atoms in total. The summed E-state index contributed by atoms with van der Waals surface area (Å²) in [5.74, 6) is 0.988. The Labute approximate surface area is 136 Å². The Morgan fingerprint density at radius 1 is 1.20 bits per heavy atom. The summed E-state index contributed by atoms with van der Waals surface area (Å²) in [6, 6.07) is 8.93. The molecule has 0 aliphatic carbocycles. The van der Waals surface area contributed by atoms with E-state index in [4.69, 9.17) is 4.74 Å². The van der Waals surface area contributed by atoms with Gasteiger partial charge in [0.2, 0.25) is 0 Å². The maximum Gasteiger partial charge on any atom is 0.120 e. The largest absolute Gasteiger partial charge is 0.494 e. The lowest BCUT2D eigenvalue weighted by Crippen LogP contribution is -2.49. The van der Waals surface area contributed by atoms with Gasteiger partial charge in [0.25, 0.3) is 0 Å². The number of hydrogen-bond donors (Lipinski definition) is 0. The molecule has 112 valence electrons. The summed E-state index contributed by atoms with van der Waals surface area (Å²) < 4.78 is 7.02. The van der Waals surface area contributed by atoms with Gasteiger partial charge in [0.05, 0.1) is 6.61 Å². The van der Waals surface area contributed by atoms with Crippen molar-refractivity contribution in [1.82, 2.24) is 9.80 Å². The van der Waals surface area contributed by atoms with Crippen LogP contribution in [0.5, 0.6) is 5.75 Å². The molecule has 0 amide bonds. The molecule has 1 aromatic rings. The maximum absolute atomic E-state index is 5.80. The van der Waals surface area contributed by atoms with Gasteiger partial charge in [0, 0.05) is 42.3 Å². The minimum absolute atomic E-state index is 0.682. The molecule has 1 heterocycles. The van der Waals surface area contributed by atoms with Crippen LogP contribution in [0.15, 0.2) is 24.3 Å². The third-order valence-electron chi connectivity index (χ3n) is 3.82. The first kappa shape index (κ1) is 16.0. The van der Waals surface area contributed by atoms with E-state index >= 15 is 0 Å². The number of ether oxygens (including phenoxy) is 1. The van der Waals surface area contributed by atoms with Gasteiger partial charge in [0.1, 0.15) is 5.75 Å². The molecule has 1 saturated heterocycles. The molecule has 0 atom stereocenters. The van der Waals surface area contributed by atoms with Crippen molar-refractivity contribution in [2.24, 2.45) is 0 Å². The van der Waals surface area contributed by atoms with Crippen LogP contribution in [0.3, 0.4) is 0 Å². The first-order valence-corrected chi connectivity index (χ1v) is 8.58. The summed E-state index contributed by atoms with van der Waals surface area (Å²) in [5, 5.41) is 0. The molecule has 1 aliphatic heterocycles. The fraction of sp³-hybridized carbons (Fsp3) is 0.625. The standard InChI is InChI=1S/C16H25IN2O/c1-14(2)19-10-8-18(9-11-19)7-4-12-20-16-6-3-5-15(17)13-16/h3,5-6,13-14H,4,7-12H2,1-2H3. The highest BCUT2D eigenvalue weighted by molar-refractivity contribution is 14.1. The normalized spacial score (nSPS) is 17.6. The number of piperazine rings is 1. The Morgan fingerprint density at radius 3 is 2.60 bits per heavy atom. The van der Waals surface area contributed by atoms with Gasteiger partial charge in [-0.2, -0.15) is 0 Å². The zero-order valence-corrected chi connectivity index (χ0v) is 14.7. The van der Waals surface area contributed by atoms with Crippen LogP contribution in [0, 0.1) is 3.57 Å². The van der Waals surface area contributed by atoms with Crippen molar-refractivity contribution >= 4 is 22.6 Å². The van der Waals surface area contributed by atoms with E-state index in [2.05, 4.69) is 58.4 Å². The molecule has 0 unspecified atom stereocenters. The van der Waals surface area contributed by atoms with Gasteiger partial charge in [-0.25, -0.2) is 0 Å². The molecule has 1 aliphatic rings. The molecule has 0 N–H and O–H groups in total. The molecule has 0 radical (unpaired) electrons. The first-order valence-electron chi connectivity index (χ1n) is 7.50. The third-order valence-corrected chi connectivity index (χ3v) is 4.49. The second kappa shape index (κ2) is 8.20. The molecule has 1 fully saturated rings. The van der Waals surface area contributed by atoms with Gasteiger partial charge in [-0.05, 0) is 61.1 Å². The van der Waals surface area contributed by atoms with E-state index in [1.165, 1.54) is 29.7 Å². The van der Waals surface area contributed by atoms with Gasteiger partial charge in [-0.15, -0.1) is 0 Å². The van der Waals surface area contributed by atoms with Crippen LogP contribution in [0.1, 0.15) is 20.3 Å². The second-order valence-corrected chi connectivity index (χ2v) is 6.88. The molecular formula is C16H25IN2O. The predicted molar refractivity (Wildman–Crippen MR) is 92.4 cm³/mol. The Kier molecular flexibility index (Phi) is 6.58. The summed E-state index contributed by atoms with van der Waals surface area (Å²) in [5.41, 5.74) is 0. The molecule has 20 heavy (non-hydrogen) atoms. The molecular weight excluding hydrogens is 363 g/mol. The number of halogens is 1. The van der Waals surface area contributed by atoms with Crippen LogP contribution in [0.2, 0.25) is 0 Å². The van der Waals surface area contributed by atoms with E-state index in [1.807, 2.05) is 12.1 Å². The zero-order valence-electron chi connectivity index (χ0n) is 12.5. The second-order valence-electron chi connectivity index (χ2n) is 5.63. The van der Waals surface area contributed by atoms with E-state index in [0.717, 1.165) is 25.3 Å². The summed E-state index contributed by atoms with van der Waals surface area (Å²) in [6.07, 6.45) is 1.10. The molecule has 0 spiro atoms. The van der Waals surface area contributed by atoms with Crippen molar-refractivity contribution in [2.45, 2.75) is 26.3 Å². The SMILES string of the molecule is CC(C)N1CCN(CCCOc2cccc(I)c2)CC1.